The first-order valence-electron chi connectivity index (χ1n) is 8.20. The standard InChI is InChI=1S/C16H17N2O9PSe/c17-14(20)9-7-29-15(18-9)13-11(19)12(10(26-13)6-25-28(22,23)24)27-16(21)8-4-2-1-3-5-8/h1-5,7,10-13,19H,6H2,(H2,17,20)(H2,22,23,24)/t10-,11-,12-,13-/m1/s1. The summed E-state index contributed by atoms with van der Waals surface area (Å²) in [5.74, 6) is -1.49. The second-order valence-corrected chi connectivity index (χ2v) is 9.15. The first-order chi connectivity index (χ1) is 13.7. The fourth-order valence-corrected chi connectivity index (χ4v) is 4.88. The Bertz CT molecular complexity index is 931. The number of esters is 1. The topological polar surface area (TPSA) is 178 Å². The van der Waals surface area contributed by atoms with Crippen molar-refractivity contribution in [2.24, 2.45) is 5.73 Å². The third kappa shape index (κ3) is 5.39. The zero-order valence-electron chi connectivity index (χ0n) is 14.7. The normalized spacial score (nSPS) is 24.4. The number of benzene rings is 1. The van der Waals surface area contributed by atoms with Gasteiger partial charge < -0.3 is 0 Å². The zero-order chi connectivity index (χ0) is 21.2. The predicted octanol–water partition coefficient (Wildman–Crippen LogP) is -0.627. The van der Waals surface area contributed by atoms with Crippen molar-refractivity contribution in [2.75, 3.05) is 6.61 Å². The molecule has 0 radical (unpaired) electrons. The number of carbonyl (C=O) groups excluding carboxylic acids is 2. The van der Waals surface area contributed by atoms with Crippen molar-refractivity contribution in [1.29, 1.82) is 0 Å². The number of carbonyl (C=O) groups is 2. The van der Waals surface area contributed by atoms with Crippen LogP contribution in [0.4, 0.5) is 0 Å². The molecular weight excluding hydrogens is 474 g/mol. The van der Waals surface area contributed by atoms with Gasteiger partial charge in [0, 0.05) is 0 Å². The molecule has 1 aromatic carbocycles. The number of nitrogens with two attached hydrogens (primary N) is 1. The van der Waals surface area contributed by atoms with Gasteiger partial charge in [0.2, 0.25) is 0 Å². The maximum atomic E-state index is 12.4. The molecule has 2 aromatic rings. The molecule has 1 saturated heterocycles. The minimum absolute atomic E-state index is 0.0311. The molecule has 1 aliphatic heterocycles. The maximum absolute atomic E-state index is 12.4. The van der Waals surface area contributed by atoms with Crippen LogP contribution < -0.4 is 5.73 Å². The van der Waals surface area contributed by atoms with Crippen LogP contribution in [0.5, 0.6) is 0 Å². The van der Waals surface area contributed by atoms with Crippen LogP contribution in [0, 0.1) is 0 Å². The predicted molar refractivity (Wildman–Crippen MR) is 97.0 cm³/mol. The van der Waals surface area contributed by atoms with E-state index >= 15 is 0 Å². The zero-order valence-corrected chi connectivity index (χ0v) is 17.3. The van der Waals surface area contributed by atoms with Gasteiger partial charge in [0.15, 0.2) is 0 Å². The molecule has 3 rings (SSSR count). The number of aromatic nitrogens is 1. The fraction of sp³-hybridized carbons (Fsp3) is 0.312. The monoisotopic (exact) mass is 492 g/mol. The molecule has 0 saturated carbocycles. The number of hydrogen-bond acceptors (Lipinski definition) is 8. The molecule has 0 bridgehead atoms. The second-order valence-electron chi connectivity index (χ2n) is 6.04. The molecule has 11 nitrogen and oxygen atoms in total. The van der Waals surface area contributed by atoms with E-state index in [4.69, 9.17) is 25.0 Å². The molecule has 0 unspecified atom stereocenters. The Morgan fingerprint density at radius 3 is 2.55 bits per heavy atom. The third-order valence-corrected chi connectivity index (χ3v) is 6.40. The molecule has 0 spiro atoms. The molecular formula is C16H17N2O9PSe. The number of amides is 1. The van der Waals surface area contributed by atoms with Crippen LogP contribution in [-0.2, 0) is 18.6 Å². The number of phosphoric acid groups is 1. The van der Waals surface area contributed by atoms with E-state index in [-0.39, 0.29) is 11.3 Å². The van der Waals surface area contributed by atoms with Crippen molar-refractivity contribution in [3.63, 3.8) is 0 Å². The molecule has 1 amide bonds. The van der Waals surface area contributed by atoms with E-state index in [2.05, 4.69) is 9.51 Å². The van der Waals surface area contributed by atoms with Crippen molar-refractivity contribution in [3.8, 4) is 0 Å². The Morgan fingerprint density at radius 2 is 1.97 bits per heavy atom. The van der Waals surface area contributed by atoms with Crippen LogP contribution in [-0.4, -0.2) is 71.2 Å². The molecule has 1 aliphatic rings. The van der Waals surface area contributed by atoms with Crippen LogP contribution in [0.3, 0.4) is 0 Å². The summed E-state index contributed by atoms with van der Waals surface area (Å²) in [4.78, 5) is 47.1. The molecule has 4 atom stereocenters. The van der Waals surface area contributed by atoms with Crippen molar-refractivity contribution in [1.82, 2.24) is 4.98 Å². The summed E-state index contributed by atoms with van der Waals surface area (Å²) in [7, 11) is -4.82. The molecule has 29 heavy (non-hydrogen) atoms. The number of primary amides is 1. The molecule has 156 valence electrons. The minimum atomic E-state index is -4.82. The van der Waals surface area contributed by atoms with E-state index in [1.807, 2.05) is 0 Å². The molecule has 5 N–H and O–H groups in total. The number of hydrogen-bond donors (Lipinski definition) is 4. The van der Waals surface area contributed by atoms with E-state index in [1.165, 1.54) is 17.1 Å². The summed E-state index contributed by atoms with van der Waals surface area (Å²) in [6.45, 7) is -0.638. The van der Waals surface area contributed by atoms with E-state index < -0.39 is 65.2 Å². The van der Waals surface area contributed by atoms with Gasteiger partial charge in [-0.05, 0) is 0 Å². The summed E-state index contributed by atoms with van der Waals surface area (Å²) in [6.07, 6.45) is -4.90. The molecule has 2 heterocycles. The average Bonchev–Trinajstić information content (AvgIpc) is 3.26. The van der Waals surface area contributed by atoms with Gasteiger partial charge in [0.1, 0.15) is 0 Å². The van der Waals surface area contributed by atoms with Gasteiger partial charge in [-0.15, -0.1) is 0 Å². The number of aliphatic hydroxyl groups is 1. The van der Waals surface area contributed by atoms with Crippen LogP contribution in [0.25, 0.3) is 0 Å². The van der Waals surface area contributed by atoms with E-state index in [1.54, 1.807) is 18.2 Å². The summed E-state index contributed by atoms with van der Waals surface area (Å²) in [5.41, 5.74) is 5.44. The Morgan fingerprint density at radius 1 is 1.28 bits per heavy atom. The number of nitrogens with zero attached hydrogens (tertiary/aromatic N) is 1. The number of ether oxygens (including phenoxy) is 2. The van der Waals surface area contributed by atoms with Crippen LogP contribution in [0.1, 0.15) is 31.5 Å². The molecule has 1 aromatic heterocycles. The van der Waals surface area contributed by atoms with Gasteiger partial charge >= 0.3 is 170 Å². The van der Waals surface area contributed by atoms with Crippen molar-refractivity contribution in [3.05, 3.63) is 51.1 Å². The van der Waals surface area contributed by atoms with Gasteiger partial charge in [-0.1, -0.05) is 0 Å². The van der Waals surface area contributed by atoms with Gasteiger partial charge in [-0.25, -0.2) is 0 Å². The molecule has 1 fully saturated rings. The Balaban J connectivity index is 1.82. The first-order valence-corrected chi connectivity index (χ1v) is 11.6. The Hall–Kier alpha value is -1.88. The van der Waals surface area contributed by atoms with Gasteiger partial charge in [-0.3, -0.25) is 0 Å². The fourth-order valence-electron chi connectivity index (χ4n) is 2.69. The Kier molecular flexibility index (Phi) is 6.67. The number of phosphoric ester groups is 1. The third-order valence-electron chi connectivity index (χ3n) is 4.01. The molecule has 13 heteroatoms. The van der Waals surface area contributed by atoms with E-state index in [0.717, 1.165) is 0 Å². The van der Waals surface area contributed by atoms with Crippen LogP contribution >= 0.6 is 7.82 Å². The summed E-state index contributed by atoms with van der Waals surface area (Å²) in [6, 6.07) is 7.98. The van der Waals surface area contributed by atoms with E-state index in [0.29, 0.717) is 4.57 Å². The summed E-state index contributed by atoms with van der Waals surface area (Å²) < 4.78 is 26.8. The number of aliphatic hydroxyl groups excluding tert-OH is 1. The summed E-state index contributed by atoms with van der Waals surface area (Å²) in [5, 5.41) is 10.7. The van der Waals surface area contributed by atoms with Crippen molar-refractivity contribution in [2.45, 2.75) is 24.4 Å². The average molecular weight is 491 g/mol. The van der Waals surface area contributed by atoms with Gasteiger partial charge in [0.05, 0.1) is 0 Å². The SMILES string of the molecule is NC(=O)c1c[se]c([C@@H]2O[C@H](COP(=O)(O)O)[C@@H](OC(=O)c3ccccc3)[C@H]2O)n1. The summed E-state index contributed by atoms with van der Waals surface area (Å²) >= 11 is -0.441. The molecule has 0 aliphatic carbocycles. The van der Waals surface area contributed by atoms with Crippen molar-refractivity contribution < 1.29 is 43.0 Å². The van der Waals surface area contributed by atoms with Gasteiger partial charge in [-0.2, -0.15) is 0 Å². The second kappa shape index (κ2) is 8.86. The Labute approximate surface area is 170 Å². The van der Waals surface area contributed by atoms with Crippen molar-refractivity contribution >= 4 is 34.2 Å². The first kappa shape index (κ1) is 21.8. The van der Waals surface area contributed by atoms with Crippen LogP contribution in [0.2, 0.25) is 0 Å². The quantitative estimate of drug-likeness (QED) is 0.222. The van der Waals surface area contributed by atoms with Gasteiger partial charge in [0.25, 0.3) is 0 Å². The van der Waals surface area contributed by atoms with Crippen LogP contribution in [0.15, 0.2) is 35.3 Å². The number of rotatable bonds is 7. The van der Waals surface area contributed by atoms with E-state index in [9.17, 15) is 19.3 Å².